The zero-order valence-electron chi connectivity index (χ0n) is 15.4. The van der Waals surface area contributed by atoms with E-state index in [-0.39, 0.29) is 6.09 Å². The number of unbranched alkanes of at least 4 members (excludes halogenated alkanes) is 1. The second-order valence-corrected chi connectivity index (χ2v) is 7.30. The van der Waals surface area contributed by atoms with Crippen LogP contribution in [0.3, 0.4) is 0 Å². The molecule has 0 saturated carbocycles. The Morgan fingerprint density at radius 2 is 2.04 bits per heavy atom. The van der Waals surface area contributed by atoms with E-state index in [4.69, 9.17) is 9.47 Å². The number of amides is 1. The summed E-state index contributed by atoms with van der Waals surface area (Å²) in [4.78, 5) is 14.0. The van der Waals surface area contributed by atoms with Crippen LogP contribution in [0.15, 0.2) is 18.2 Å². The molecule has 1 amide bonds. The Labute approximate surface area is 145 Å². The van der Waals surface area contributed by atoms with Gasteiger partial charge in [-0.25, -0.2) is 4.79 Å². The van der Waals surface area contributed by atoms with Crippen molar-refractivity contribution in [2.45, 2.75) is 52.2 Å². The molecule has 2 rings (SSSR count). The molecule has 1 heterocycles. The maximum absolute atomic E-state index is 11.6. The lowest BCUT2D eigenvalue weighted by Crippen LogP contribution is -2.34. The van der Waals surface area contributed by atoms with Gasteiger partial charge in [-0.2, -0.15) is 0 Å². The molecule has 0 spiro atoms. The number of nitrogens with one attached hydrogen (secondary N) is 1. The van der Waals surface area contributed by atoms with Crippen molar-refractivity contribution >= 4 is 6.09 Å². The Hall–Kier alpha value is -1.75. The molecular formula is C19H30N2O3. The Balaban J connectivity index is 1.64. The van der Waals surface area contributed by atoms with E-state index in [0.717, 1.165) is 44.6 Å². The summed E-state index contributed by atoms with van der Waals surface area (Å²) < 4.78 is 10.5. The highest BCUT2D eigenvalue weighted by Gasteiger charge is 2.17. The molecule has 0 aromatic heterocycles. The van der Waals surface area contributed by atoms with Crippen LogP contribution < -0.4 is 10.1 Å². The standard InChI is InChI=1S/C19H30N2O3/c1-19(2,3)24-18(22)20-10-5-6-11-21-12-9-15-13-17(23-4)8-7-16(15)14-21/h7-8,13H,5-6,9-12,14H2,1-4H3,(H,20,22). The molecule has 1 N–H and O–H groups in total. The van der Waals surface area contributed by atoms with Crippen LogP contribution in [0, 0.1) is 0 Å². The topological polar surface area (TPSA) is 50.8 Å². The van der Waals surface area contributed by atoms with Crippen molar-refractivity contribution in [1.29, 1.82) is 0 Å². The summed E-state index contributed by atoms with van der Waals surface area (Å²) in [7, 11) is 1.71. The molecule has 0 atom stereocenters. The number of carbonyl (C=O) groups excluding carboxylic acids is 1. The van der Waals surface area contributed by atoms with Gasteiger partial charge in [-0.05, 0) is 69.8 Å². The molecule has 0 aliphatic carbocycles. The number of carbonyl (C=O) groups is 1. The van der Waals surface area contributed by atoms with Crippen molar-refractivity contribution in [1.82, 2.24) is 10.2 Å². The molecular weight excluding hydrogens is 304 g/mol. The van der Waals surface area contributed by atoms with Crippen LogP contribution in [-0.2, 0) is 17.7 Å². The van der Waals surface area contributed by atoms with Gasteiger partial charge >= 0.3 is 6.09 Å². The number of ether oxygens (including phenoxy) is 2. The smallest absolute Gasteiger partial charge is 0.407 e. The number of nitrogens with zero attached hydrogens (tertiary/aromatic N) is 1. The first kappa shape index (κ1) is 18.6. The van der Waals surface area contributed by atoms with Crippen LogP contribution in [-0.4, -0.2) is 43.3 Å². The van der Waals surface area contributed by atoms with Crippen molar-refractivity contribution < 1.29 is 14.3 Å². The largest absolute Gasteiger partial charge is 0.497 e. The minimum absolute atomic E-state index is 0.330. The third-order valence-corrected chi connectivity index (χ3v) is 4.07. The van der Waals surface area contributed by atoms with Gasteiger partial charge in [-0.15, -0.1) is 0 Å². The molecule has 134 valence electrons. The van der Waals surface area contributed by atoms with Crippen LogP contribution in [0.4, 0.5) is 4.79 Å². The number of benzene rings is 1. The molecule has 1 aromatic carbocycles. The molecule has 5 heteroatoms. The lowest BCUT2D eigenvalue weighted by molar-refractivity contribution is 0.0526. The van der Waals surface area contributed by atoms with E-state index in [0.29, 0.717) is 6.54 Å². The van der Waals surface area contributed by atoms with E-state index < -0.39 is 5.60 Å². The maximum Gasteiger partial charge on any atom is 0.407 e. The lowest BCUT2D eigenvalue weighted by atomic mass is 9.99. The normalized spacial score (nSPS) is 14.8. The number of hydrogen-bond donors (Lipinski definition) is 1. The Bertz CT molecular complexity index is 552. The number of fused-ring (bicyclic) bond motifs is 1. The monoisotopic (exact) mass is 334 g/mol. The van der Waals surface area contributed by atoms with Crippen molar-refractivity contribution in [2.75, 3.05) is 26.7 Å². The van der Waals surface area contributed by atoms with E-state index in [2.05, 4.69) is 22.3 Å². The quantitative estimate of drug-likeness (QED) is 0.811. The van der Waals surface area contributed by atoms with E-state index in [1.807, 2.05) is 26.8 Å². The van der Waals surface area contributed by atoms with Gasteiger partial charge in [0.15, 0.2) is 0 Å². The lowest BCUT2D eigenvalue weighted by Gasteiger charge is -2.29. The third kappa shape index (κ3) is 6.04. The van der Waals surface area contributed by atoms with Crippen LogP contribution in [0.1, 0.15) is 44.7 Å². The number of alkyl carbamates (subject to hydrolysis) is 1. The fourth-order valence-corrected chi connectivity index (χ4v) is 2.87. The number of methoxy groups -OCH3 is 1. The first-order chi connectivity index (χ1) is 11.4. The van der Waals surface area contributed by atoms with Gasteiger partial charge in [0, 0.05) is 19.6 Å². The van der Waals surface area contributed by atoms with Crippen LogP contribution in [0.5, 0.6) is 5.75 Å². The van der Waals surface area contributed by atoms with E-state index in [9.17, 15) is 4.79 Å². The molecule has 24 heavy (non-hydrogen) atoms. The van der Waals surface area contributed by atoms with Gasteiger partial charge in [-0.3, -0.25) is 4.90 Å². The molecule has 0 bridgehead atoms. The van der Waals surface area contributed by atoms with Crippen molar-refractivity contribution in [2.24, 2.45) is 0 Å². The average Bonchev–Trinajstić information content (AvgIpc) is 2.52. The summed E-state index contributed by atoms with van der Waals surface area (Å²) in [6, 6.07) is 6.36. The summed E-state index contributed by atoms with van der Waals surface area (Å²) in [6.07, 6.45) is 2.78. The van der Waals surface area contributed by atoms with Crippen LogP contribution in [0.25, 0.3) is 0 Å². The molecule has 1 aliphatic heterocycles. The highest BCUT2D eigenvalue weighted by atomic mass is 16.6. The minimum Gasteiger partial charge on any atom is -0.497 e. The zero-order chi connectivity index (χ0) is 17.6. The van der Waals surface area contributed by atoms with E-state index in [1.165, 1.54) is 11.1 Å². The zero-order valence-corrected chi connectivity index (χ0v) is 15.4. The second kappa shape index (κ2) is 8.38. The first-order valence-corrected chi connectivity index (χ1v) is 8.72. The highest BCUT2D eigenvalue weighted by molar-refractivity contribution is 5.67. The molecule has 1 aromatic rings. The summed E-state index contributed by atoms with van der Waals surface area (Å²) >= 11 is 0. The summed E-state index contributed by atoms with van der Waals surface area (Å²) in [5.41, 5.74) is 2.36. The van der Waals surface area contributed by atoms with E-state index in [1.54, 1.807) is 7.11 Å². The van der Waals surface area contributed by atoms with E-state index >= 15 is 0 Å². The summed E-state index contributed by atoms with van der Waals surface area (Å²) in [5, 5.41) is 2.81. The average molecular weight is 334 g/mol. The van der Waals surface area contributed by atoms with Crippen molar-refractivity contribution in [3.63, 3.8) is 0 Å². The van der Waals surface area contributed by atoms with Crippen LogP contribution >= 0.6 is 0 Å². The van der Waals surface area contributed by atoms with Crippen molar-refractivity contribution in [3.05, 3.63) is 29.3 Å². The van der Waals surface area contributed by atoms with Gasteiger partial charge in [0.05, 0.1) is 7.11 Å². The second-order valence-electron chi connectivity index (χ2n) is 7.30. The van der Waals surface area contributed by atoms with Gasteiger partial charge < -0.3 is 14.8 Å². The van der Waals surface area contributed by atoms with Crippen molar-refractivity contribution in [3.8, 4) is 5.75 Å². The predicted molar refractivity (Wildman–Crippen MR) is 95.4 cm³/mol. The fraction of sp³-hybridized carbons (Fsp3) is 0.632. The molecule has 5 nitrogen and oxygen atoms in total. The number of rotatable bonds is 6. The van der Waals surface area contributed by atoms with Gasteiger partial charge in [0.1, 0.15) is 11.4 Å². The summed E-state index contributed by atoms with van der Waals surface area (Å²) in [6.45, 7) is 9.42. The van der Waals surface area contributed by atoms with Gasteiger partial charge in [-0.1, -0.05) is 6.07 Å². The summed E-state index contributed by atoms with van der Waals surface area (Å²) in [5.74, 6) is 0.940. The molecule has 0 radical (unpaired) electrons. The molecule has 0 fully saturated rings. The van der Waals surface area contributed by atoms with Gasteiger partial charge in [0.25, 0.3) is 0 Å². The fourth-order valence-electron chi connectivity index (χ4n) is 2.87. The Morgan fingerprint density at radius 1 is 1.25 bits per heavy atom. The first-order valence-electron chi connectivity index (χ1n) is 8.72. The minimum atomic E-state index is -0.437. The predicted octanol–water partition coefficient (Wildman–Crippen LogP) is 3.36. The SMILES string of the molecule is COc1ccc2c(c1)CCN(CCCCNC(=O)OC(C)(C)C)C2. The van der Waals surface area contributed by atoms with Crippen LogP contribution in [0.2, 0.25) is 0 Å². The molecule has 1 aliphatic rings. The Morgan fingerprint density at radius 3 is 2.75 bits per heavy atom. The number of hydrogen-bond acceptors (Lipinski definition) is 4. The highest BCUT2D eigenvalue weighted by Crippen LogP contribution is 2.23. The molecule has 0 unspecified atom stereocenters. The maximum atomic E-state index is 11.6. The third-order valence-electron chi connectivity index (χ3n) is 4.07. The molecule has 0 saturated heterocycles. The Kier molecular flexibility index (Phi) is 6.49. The van der Waals surface area contributed by atoms with Gasteiger partial charge in [0.2, 0.25) is 0 Å².